The standard InChI is InChI=1S/C28H32BrN3O4S/c1-3-4-18-30-28(34)22(2)31(20-23-12-11-13-24(29)19-23)27(33)21-32(25-14-7-5-8-15-25)37(35,36)26-16-9-6-10-17-26/h5-17,19,22H,3-4,18,20-21H2,1-2H3,(H,30,34)/t22-/m0/s1. The van der Waals surface area contributed by atoms with Gasteiger partial charge in [0, 0.05) is 17.6 Å². The Bertz CT molecular complexity index is 1290. The summed E-state index contributed by atoms with van der Waals surface area (Å²) in [6, 6.07) is 23.2. The number of nitrogens with zero attached hydrogens (tertiary/aromatic N) is 2. The Balaban J connectivity index is 1.96. The first kappa shape index (κ1) is 28.4. The van der Waals surface area contributed by atoms with Crippen molar-refractivity contribution in [3.8, 4) is 0 Å². The third-order valence-electron chi connectivity index (χ3n) is 5.89. The molecular formula is C28H32BrN3O4S. The van der Waals surface area contributed by atoms with Crippen LogP contribution in [0.4, 0.5) is 5.69 Å². The van der Waals surface area contributed by atoms with Crippen molar-refractivity contribution in [1.82, 2.24) is 10.2 Å². The maximum atomic E-state index is 13.8. The fourth-order valence-electron chi connectivity index (χ4n) is 3.79. The van der Waals surface area contributed by atoms with Crippen LogP contribution in [0.5, 0.6) is 0 Å². The van der Waals surface area contributed by atoms with Crippen LogP contribution in [0, 0.1) is 0 Å². The molecule has 0 fully saturated rings. The van der Waals surface area contributed by atoms with Crippen LogP contribution in [0.2, 0.25) is 0 Å². The average molecular weight is 587 g/mol. The zero-order chi connectivity index (χ0) is 26.8. The van der Waals surface area contributed by atoms with Crippen LogP contribution in [-0.2, 0) is 26.2 Å². The molecule has 1 N–H and O–H groups in total. The van der Waals surface area contributed by atoms with E-state index in [4.69, 9.17) is 0 Å². The third-order valence-corrected chi connectivity index (χ3v) is 8.17. The number of carbonyl (C=O) groups is 2. The lowest BCUT2D eigenvalue weighted by Gasteiger charge is -2.32. The van der Waals surface area contributed by atoms with Crippen LogP contribution < -0.4 is 9.62 Å². The fraction of sp³-hybridized carbons (Fsp3) is 0.286. The molecular weight excluding hydrogens is 554 g/mol. The summed E-state index contributed by atoms with van der Waals surface area (Å²) in [5, 5.41) is 2.88. The van der Waals surface area contributed by atoms with Crippen LogP contribution >= 0.6 is 15.9 Å². The highest BCUT2D eigenvalue weighted by molar-refractivity contribution is 9.10. The Morgan fingerprint density at radius 3 is 2.22 bits per heavy atom. The number of anilines is 1. The van der Waals surface area contributed by atoms with Gasteiger partial charge in [-0.3, -0.25) is 13.9 Å². The summed E-state index contributed by atoms with van der Waals surface area (Å²) in [6.45, 7) is 3.90. The molecule has 3 aromatic rings. The molecule has 0 spiro atoms. The third kappa shape index (κ3) is 7.66. The molecule has 0 aromatic heterocycles. The summed E-state index contributed by atoms with van der Waals surface area (Å²) >= 11 is 3.45. The zero-order valence-electron chi connectivity index (χ0n) is 21.0. The molecule has 3 aromatic carbocycles. The molecule has 9 heteroatoms. The number of hydrogen-bond donors (Lipinski definition) is 1. The topological polar surface area (TPSA) is 86.8 Å². The lowest BCUT2D eigenvalue weighted by molar-refractivity contribution is -0.139. The Kier molecular flexibility index (Phi) is 10.3. The summed E-state index contributed by atoms with van der Waals surface area (Å²) < 4.78 is 29.2. The van der Waals surface area contributed by atoms with Gasteiger partial charge in [-0.05, 0) is 55.3 Å². The second kappa shape index (κ2) is 13.4. The largest absolute Gasteiger partial charge is 0.354 e. The molecule has 0 unspecified atom stereocenters. The number of benzene rings is 3. The normalized spacial score (nSPS) is 12.0. The lowest BCUT2D eigenvalue weighted by Crippen LogP contribution is -2.51. The van der Waals surface area contributed by atoms with Gasteiger partial charge in [-0.25, -0.2) is 8.42 Å². The molecule has 2 amide bonds. The van der Waals surface area contributed by atoms with Gasteiger partial charge >= 0.3 is 0 Å². The first-order valence-electron chi connectivity index (χ1n) is 12.2. The molecule has 196 valence electrons. The number of carbonyl (C=O) groups excluding carboxylic acids is 2. The number of rotatable bonds is 12. The van der Waals surface area contributed by atoms with E-state index in [-0.39, 0.29) is 17.3 Å². The summed E-state index contributed by atoms with van der Waals surface area (Å²) in [5.41, 5.74) is 1.18. The van der Waals surface area contributed by atoms with Crippen molar-refractivity contribution in [2.75, 3.05) is 17.4 Å². The van der Waals surface area contributed by atoms with Gasteiger partial charge in [0.2, 0.25) is 11.8 Å². The van der Waals surface area contributed by atoms with Gasteiger partial charge in [0.25, 0.3) is 10.0 Å². The van der Waals surface area contributed by atoms with Gasteiger partial charge < -0.3 is 10.2 Å². The van der Waals surface area contributed by atoms with Crippen LogP contribution in [-0.4, -0.2) is 44.3 Å². The monoisotopic (exact) mass is 585 g/mol. The number of unbranched alkanes of at least 4 members (excludes halogenated alkanes) is 1. The first-order chi connectivity index (χ1) is 17.7. The van der Waals surface area contributed by atoms with Crippen LogP contribution in [0.3, 0.4) is 0 Å². The minimum absolute atomic E-state index is 0.0792. The van der Waals surface area contributed by atoms with Crippen LogP contribution in [0.1, 0.15) is 32.3 Å². The summed E-state index contributed by atoms with van der Waals surface area (Å²) in [4.78, 5) is 28.3. The van der Waals surface area contributed by atoms with Gasteiger partial charge in [-0.15, -0.1) is 0 Å². The van der Waals surface area contributed by atoms with Gasteiger partial charge in [-0.1, -0.05) is 77.8 Å². The number of nitrogens with one attached hydrogen (secondary N) is 1. The highest BCUT2D eigenvalue weighted by Gasteiger charge is 2.32. The fourth-order valence-corrected chi connectivity index (χ4v) is 5.68. The molecule has 0 heterocycles. The second-order valence-corrected chi connectivity index (χ2v) is 11.4. The SMILES string of the molecule is CCCCNC(=O)[C@H](C)N(Cc1cccc(Br)c1)C(=O)CN(c1ccccc1)S(=O)(=O)c1ccccc1. The van der Waals surface area contributed by atoms with E-state index < -0.39 is 28.5 Å². The maximum Gasteiger partial charge on any atom is 0.264 e. The van der Waals surface area contributed by atoms with Crippen molar-refractivity contribution < 1.29 is 18.0 Å². The minimum atomic E-state index is -4.05. The van der Waals surface area contributed by atoms with Gasteiger partial charge in [0.15, 0.2) is 0 Å². The number of hydrogen-bond acceptors (Lipinski definition) is 4. The van der Waals surface area contributed by atoms with E-state index in [1.54, 1.807) is 55.5 Å². The quantitative estimate of drug-likeness (QED) is 0.304. The van der Waals surface area contributed by atoms with Crippen LogP contribution in [0.25, 0.3) is 0 Å². The molecule has 0 aliphatic heterocycles. The molecule has 0 aliphatic carbocycles. The van der Waals surface area contributed by atoms with E-state index in [0.29, 0.717) is 12.2 Å². The zero-order valence-corrected chi connectivity index (χ0v) is 23.4. The highest BCUT2D eigenvalue weighted by Crippen LogP contribution is 2.24. The molecule has 0 aliphatic rings. The molecule has 7 nitrogen and oxygen atoms in total. The van der Waals surface area contributed by atoms with Crippen molar-refractivity contribution in [3.63, 3.8) is 0 Å². The maximum absolute atomic E-state index is 13.8. The predicted octanol–water partition coefficient (Wildman–Crippen LogP) is 4.98. The summed E-state index contributed by atoms with van der Waals surface area (Å²) in [7, 11) is -4.05. The van der Waals surface area contributed by atoms with Crippen LogP contribution in [0.15, 0.2) is 94.3 Å². The molecule has 3 rings (SSSR count). The Morgan fingerprint density at radius 2 is 1.59 bits per heavy atom. The molecule has 1 atom stereocenters. The molecule has 0 saturated carbocycles. The highest BCUT2D eigenvalue weighted by atomic mass is 79.9. The number of amides is 2. The van der Waals surface area contributed by atoms with E-state index in [9.17, 15) is 18.0 Å². The van der Waals surface area contributed by atoms with E-state index in [1.165, 1.54) is 17.0 Å². The van der Waals surface area contributed by atoms with Gasteiger partial charge in [0.05, 0.1) is 10.6 Å². The molecule has 37 heavy (non-hydrogen) atoms. The van der Waals surface area contributed by atoms with E-state index in [1.807, 2.05) is 31.2 Å². The predicted molar refractivity (Wildman–Crippen MR) is 149 cm³/mol. The molecule has 0 bridgehead atoms. The Morgan fingerprint density at radius 1 is 0.946 bits per heavy atom. The summed E-state index contributed by atoms with van der Waals surface area (Å²) in [5.74, 6) is -0.768. The van der Waals surface area contributed by atoms with E-state index in [0.717, 1.165) is 27.2 Å². The minimum Gasteiger partial charge on any atom is -0.354 e. The first-order valence-corrected chi connectivity index (χ1v) is 14.4. The van der Waals surface area contributed by atoms with Crippen molar-refractivity contribution in [1.29, 1.82) is 0 Å². The number of sulfonamides is 1. The lowest BCUT2D eigenvalue weighted by atomic mass is 10.1. The Hall–Kier alpha value is -3.17. The smallest absolute Gasteiger partial charge is 0.264 e. The van der Waals surface area contributed by atoms with Crippen molar-refractivity contribution in [2.24, 2.45) is 0 Å². The summed E-state index contributed by atoms with van der Waals surface area (Å²) in [6.07, 6.45) is 1.76. The Labute approximate surface area is 227 Å². The van der Waals surface area contributed by atoms with Crippen molar-refractivity contribution in [2.45, 2.75) is 44.2 Å². The second-order valence-electron chi connectivity index (χ2n) is 8.63. The molecule has 0 saturated heterocycles. The molecule has 0 radical (unpaired) electrons. The number of para-hydroxylation sites is 1. The van der Waals surface area contributed by atoms with Crippen molar-refractivity contribution in [3.05, 3.63) is 95.0 Å². The number of halogens is 1. The average Bonchev–Trinajstić information content (AvgIpc) is 2.91. The van der Waals surface area contributed by atoms with Gasteiger partial charge in [0.1, 0.15) is 12.6 Å². The van der Waals surface area contributed by atoms with E-state index >= 15 is 0 Å². The van der Waals surface area contributed by atoms with Crippen molar-refractivity contribution >= 4 is 43.5 Å². The van der Waals surface area contributed by atoms with E-state index in [2.05, 4.69) is 21.2 Å². The van der Waals surface area contributed by atoms with Gasteiger partial charge in [-0.2, -0.15) is 0 Å².